The quantitative estimate of drug-likeness (QED) is 0.913. The SMILES string of the molecule is Cc1ccc(C2CN=C(N)N2c2ccccc2)cc1Br. The van der Waals surface area contributed by atoms with Crippen molar-refractivity contribution in [3.05, 3.63) is 64.1 Å². The predicted octanol–water partition coefficient (Wildman–Crippen LogP) is 3.63. The zero-order valence-electron chi connectivity index (χ0n) is 11.3. The van der Waals surface area contributed by atoms with Gasteiger partial charge in [-0.15, -0.1) is 0 Å². The lowest BCUT2D eigenvalue weighted by atomic mass is 10.0. The molecule has 3 rings (SSSR count). The van der Waals surface area contributed by atoms with Crippen LogP contribution in [0.1, 0.15) is 17.2 Å². The second-order valence-electron chi connectivity index (χ2n) is 4.93. The predicted molar refractivity (Wildman–Crippen MR) is 87.0 cm³/mol. The number of aryl methyl sites for hydroxylation is 1. The van der Waals surface area contributed by atoms with Gasteiger partial charge in [-0.2, -0.15) is 0 Å². The van der Waals surface area contributed by atoms with E-state index in [4.69, 9.17) is 5.73 Å². The van der Waals surface area contributed by atoms with Gasteiger partial charge in [0, 0.05) is 10.2 Å². The van der Waals surface area contributed by atoms with E-state index >= 15 is 0 Å². The monoisotopic (exact) mass is 329 g/mol. The lowest BCUT2D eigenvalue weighted by molar-refractivity contribution is 0.768. The summed E-state index contributed by atoms with van der Waals surface area (Å²) >= 11 is 3.60. The van der Waals surface area contributed by atoms with E-state index < -0.39 is 0 Å². The number of nitrogens with zero attached hydrogens (tertiary/aromatic N) is 2. The van der Waals surface area contributed by atoms with Gasteiger partial charge >= 0.3 is 0 Å². The third-order valence-electron chi connectivity index (χ3n) is 3.60. The van der Waals surface area contributed by atoms with Gasteiger partial charge in [0.15, 0.2) is 5.96 Å². The number of para-hydroxylation sites is 1. The van der Waals surface area contributed by atoms with E-state index in [1.54, 1.807) is 0 Å². The highest BCUT2D eigenvalue weighted by Crippen LogP contribution is 2.32. The van der Waals surface area contributed by atoms with Crippen molar-refractivity contribution >= 4 is 27.6 Å². The van der Waals surface area contributed by atoms with Gasteiger partial charge in [-0.25, -0.2) is 0 Å². The number of hydrogen-bond acceptors (Lipinski definition) is 3. The van der Waals surface area contributed by atoms with Crippen LogP contribution < -0.4 is 10.6 Å². The maximum Gasteiger partial charge on any atom is 0.196 e. The molecule has 102 valence electrons. The number of nitrogens with two attached hydrogens (primary N) is 1. The largest absolute Gasteiger partial charge is 0.369 e. The van der Waals surface area contributed by atoms with Crippen molar-refractivity contribution in [1.82, 2.24) is 0 Å². The lowest BCUT2D eigenvalue weighted by Crippen LogP contribution is -2.36. The number of benzene rings is 2. The number of halogens is 1. The number of aliphatic imine (C=N–C) groups is 1. The fourth-order valence-corrected chi connectivity index (χ4v) is 2.87. The molecular formula is C16H16BrN3. The van der Waals surface area contributed by atoms with Gasteiger partial charge in [0.25, 0.3) is 0 Å². The zero-order chi connectivity index (χ0) is 14.1. The first-order valence-corrected chi connectivity index (χ1v) is 7.36. The van der Waals surface area contributed by atoms with Crippen molar-refractivity contribution < 1.29 is 0 Å². The molecule has 0 radical (unpaired) electrons. The molecule has 20 heavy (non-hydrogen) atoms. The van der Waals surface area contributed by atoms with E-state index in [1.807, 2.05) is 18.2 Å². The molecule has 4 heteroatoms. The molecule has 1 aliphatic rings. The van der Waals surface area contributed by atoms with Crippen LogP contribution in [0.25, 0.3) is 0 Å². The summed E-state index contributed by atoms with van der Waals surface area (Å²) in [5.41, 5.74) is 9.59. The van der Waals surface area contributed by atoms with Crippen LogP contribution in [-0.4, -0.2) is 12.5 Å². The van der Waals surface area contributed by atoms with Gasteiger partial charge < -0.3 is 10.6 Å². The molecule has 2 aromatic carbocycles. The Bertz CT molecular complexity index is 652. The Labute approximate surface area is 127 Å². The molecular weight excluding hydrogens is 314 g/mol. The van der Waals surface area contributed by atoms with Crippen LogP contribution in [0.3, 0.4) is 0 Å². The zero-order valence-corrected chi connectivity index (χ0v) is 12.8. The number of anilines is 1. The molecule has 1 atom stereocenters. The fraction of sp³-hybridized carbons (Fsp3) is 0.188. The molecule has 2 N–H and O–H groups in total. The van der Waals surface area contributed by atoms with Crippen molar-refractivity contribution in [3.63, 3.8) is 0 Å². The lowest BCUT2D eigenvalue weighted by Gasteiger charge is -2.27. The van der Waals surface area contributed by atoms with Crippen molar-refractivity contribution in [3.8, 4) is 0 Å². The Morgan fingerprint density at radius 3 is 2.65 bits per heavy atom. The van der Waals surface area contributed by atoms with Gasteiger partial charge in [0.1, 0.15) is 0 Å². The first kappa shape index (κ1) is 13.2. The van der Waals surface area contributed by atoms with E-state index in [0.29, 0.717) is 12.5 Å². The van der Waals surface area contributed by atoms with Gasteiger partial charge in [-0.05, 0) is 36.2 Å². The molecule has 0 bridgehead atoms. The second-order valence-corrected chi connectivity index (χ2v) is 5.78. The van der Waals surface area contributed by atoms with Crippen LogP contribution in [-0.2, 0) is 0 Å². The van der Waals surface area contributed by atoms with E-state index in [0.717, 1.165) is 10.2 Å². The van der Waals surface area contributed by atoms with Crippen molar-refractivity contribution in [1.29, 1.82) is 0 Å². The summed E-state index contributed by atoms with van der Waals surface area (Å²) in [7, 11) is 0. The summed E-state index contributed by atoms with van der Waals surface area (Å²) in [5, 5.41) is 0. The summed E-state index contributed by atoms with van der Waals surface area (Å²) < 4.78 is 1.12. The highest BCUT2D eigenvalue weighted by atomic mass is 79.9. The number of rotatable bonds is 2. The summed E-state index contributed by atoms with van der Waals surface area (Å²) in [4.78, 5) is 6.50. The molecule has 0 spiro atoms. The minimum Gasteiger partial charge on any atom is -0.369 e. The first-order chi connectivity index (χ1) is 9.66. The maximum atomic E-state index is 6.07. The average molecular weight is 330 g/mol. The van der Waals surface area contributed by atoms with Gasteiger partial charge in [-0.3, -0.25) is 4.99 Å². The van der Waals surface area contributed by atoms with Crippen molar-refractivity contribution in [2.75, 3.05) is 11.4 Å². The Balaban J connectivity index is 1.99. The van der Waals surface area contributed by atoms with Crippen molar-refractivity contribution in [2.24, 2.45) is 10.7 Å². The standard InChI is InChI=1S/C16H16BrN3/c1-11-7-8-12(9-14(11)17)15-10-19-16(18)20(15)13-5-3-2-4-6-13/h2-9,15H,10H2,1H3,(H2,18,19). The minimum atomic E-state index is 0.161. The van der Waals surface area contributed by atoms with Gasteiger partial charge in [-0.1, -0.05) is 46.3 Å². The van der Waals surface area contributed by atoms with E-state index in [-0.39, 0.29) is 6.04 Å². The minimum absolute atomic E-state index is 0.161. The molecule has 0 fully saturated rings. The van der Waals surface area contributed by atoms with Crippen LogP contribution in [0.5, 0.6) is 0 Å². The van der Waals surface area contributed by atoms with Crippen LogP contribution in [0.15, 0.2) is 58.0 Å². The summed E-state index contributed by atoms with van der Waals surface area (Å²) in [6.07, 6.45) is 0. The van der Waals surface area contributed by atoms with Crippen LogP contribution in [0, 0.1) is 6.92 Å². The van der Waals surface area contributed by atoms with E-state index in [1.165, 1.54) is 11.1 Å². The Hall–Kier alpha value is -1.81. The molecule has 1 aliphatic heterocycles. The molecule has 1 unspecified atom stereocenters. The third kappa shape index (κ3) is 2.31. The van der Waals surface area contributed by atoms with E-state index in [2.05, 4.69) is 63.1 Å². The van der Waals surface area contributed by atoms with Gasteiger partial charge in [0.2, 0.25) is 0 Å². The Morgan fingerprint density at radius 2 is 1.95 bits per heavy atom. The van der Waals surface area contributed by atoms with Crippen LogP contribution in [0.2, 0.25) is 0 Å². The highest BCUT2D eigenvalue weighted by molar-refractivity contribution is 9.10. The molecule has 0 aromatic heterocycles. The summed E-state index contributed by atoms with van der Waals surface area (Å²) in [5.74, 6) is 0.581. The number of guanidine groups is 1. The molecule has 2 aromatic rings. The Kier molecular flexibility index (Phi) is 3.49. The second kappa shape index (κ2) is 5.29. The smallest absolute Gasteiger partial charge is 0.196 e. The third-order valence-corrected chi connectivity index (χ3v) is 4.45. The Morgan fingerprint density at radius 1 is 1.20 bits per heavy atom. The van der Waals surface area contributed by atoms with E-state index in [9.17, 15) is 0 Å². The summed E-state index contributed by atoms with van der Waals surface area (Å²) in [6.45, 7) is 2.78. The maximum absolute atomic E-state index is 6.07. The van der Waals surface area contributed by atoms with Gasteiger partial charge in [0.05, 0.1) is 12.6 Å². The first-order valence-electron chi connectivity index (χ1n) is 6.57. The normalized spacial score (nSPS) is 18.2. The molecule has 0 amide bonds. The topological polar surface area (TPSA) is 41.6 Å². The molecule has 0 aliphatic carbocycles. The van der Waals surface area contributed by atoms with Crippen LogP contribution >= 0.6 is 15.9 Å². The summed E-state index contributed by atoms with van der Waals surface area (Å²) in [6, 6.07) is 16.7. The molecule has 0 saturated carbocycles. The highest BCUT2D eigenvalue weighted by Gasteiger charge is 2.28. The van der Waals surface area contributed by atoms with Crippen LogP contribution in [0.4, 0.5) is 5.69 Å². The molecule has 0 saturated heterocycles. The molecule has 1 heterocycles. The molecule has 3 nitrogen and oxygen atoms in total. The average Bonchev–Trinajstić information content (AvgIpc) is 2.85. The van der Waals surface area contributed by atoms with Crippen molar-refractivity contribution in [2.45, 2.75) is 13.0 Å². The fourth-order valence-electron chi connectivity index (χ4n) is 2.47. The number of hydrogen-bond donors (Lipinski definition) is 1.